The Bertz CT molecular complexity index is 623. The molecular formula is C16H17ClN2O. The third-order valence-corrected chi connectivity index (χ3v) is 3.46. The largest absolute Gasteiger partial charge is 0.398 e. The molecule has 2 rings (SSSR count). The van der Waals surface area contributed by atoms with Gasteiger partial charge in [0.2, 0.25) is 0 Å². The average Bonchev–Trinajstić information content (AvgIpc) is 2.43. The van der Waals surface area contributed by atoms with E-state index in [9.17, 15) is 4.79 Å². The van der Waals surface area contributed by atoms with Gasteiger partial charge in [0.25, 0.3) is 5.91 Å². The molecule has 0 aliphatic rings. The number of nitrogen functional groups attached to an aromatic ring is 1. The van der Waals surface area contributed by atoms with Crippen molar-refractivity contribution < 1.29 is 4.79 Å². The summed E-state index contributed by atoms with van der Waals surface area (Å²) in [6, 6.07) is 12.8. The maximum atomic E-state index is 12.3. The fourth-order valence-electron chi connectivity index (χ4n) is 1.93. The van der Waals surface area contributed by atoms with Crippen LogP contribution in [-0.4, -0.2) is 17.9 Å². The van der Waals surface area contributed by atoms with Crippen molar-refractivity contribution in [1.29, 1.82) is 0 Å². The Morgan fingerprint density at radius 2 is 1.85 bits per heavy atom. The molecule has 0 aromatic heterocycles. The first-order chi connectivity index (χ1) is 9.47. The molecule has 2 aromatic carbocycles. The van der Waals surface area contributed by atoms with Crippen molar-refractivity contribution in [3.8, 4) is 0 Å². The van der Waals surface area contributed by atoms with Gasteiger partial charge in [-0.05, 0) is 42.3 Å². The normalized spacial score (nSPS) is 10.3. The Morgan fingerprint density at radius 1 is 1.20 bits per heavy atom. The van der Waals surface area contributed by atoms with E-state index in [1.807, 2.05) is 37.3 Å². The lowest BCUT2D eigenvalue weighted by Crippen LogP contribution is -2.26. The fourth-order valence-corrected chi connectivity index (χ4v) is 2.06. The molecule has 20 heavy (non-hydrogen) atoms. The molecule has 0 heterocycles. The van der Waals surface area contributed by atoms with Crippen molar-refractivity contribution in [2.24, 2.45) is 0 Å². The van der Waals surface area contributed by atoms with Gasteiger partial charge in [-0.3, -0.25) is 4.79 Å². The van der Waals surface area contributed by atoms with E-state index in [0.717, 1.165) is 11.1 Å². The van der Waals surface area contributed by atoms with Crippen LogP contribution in [0.25, 0.3) is 0 Å². The second-order valence-corrected chi connectivity index (χ2v) is 5.30. The van der Waals surface area contributed by atoms with Crippen molar-refractivity contribution in [1.82, 2.24) is 4.90 Å². The average molecular weight is 289 g/mol. The topological polar surface area (TPSA) is 46.3 Å². The molecular weight excluding hydrogens is 272 g/mol. The fraction of sp³-hybridized carbons (Fsp3) is 0.188. The van der Waals surface area contributed by atoms with Crippen LogP contribution >= 0.6 is 11.6 Å². The molecule has 0 unspecified atom stereocenters. The van der Waals surface area contributed by atoms with Crippen LogP contribution < -0.4 is 5.73 Å². The number of aryl methyl sites for hydroxylation is 1. The van der Waals surface area contributed by atoms with Crippen LogP contribution in [0, 0.1) is 6.92 Å². The Kier molecular flexibility index (Phi) is 4.30. The van der Waals surface area contributed by atoms with Gasteiger partial charge < -0.3 is 10.6 Å². The molecule has 0 aliphatic carbocycles. The third-order valence-electron chi connectivity index (χ3n) is 3.21. The quantitative estimate of drug-likeness (QED) is 0.879. The number of nitrogens with two attached hydrogens (primary N) is 1. The minimum absolute atomic E-state index is 0.0494. The van der Waals surface area contributed by atoms with E-state index in [-0.39, 0.29) is 5.91 Å². The summed E-state index contributed by atoms with van der Waals surface area (Å²) < 4.78 is 0. The second kappa shape index (κ2) is 5.97. The van der Waals surface area contributed by atoms with E-state index in [0.29, 0.717) is 22.8 Å². The Morgan fingerprint density at radius 3 is 2.45 bits per heavy atom. The molecule has 0 radical (unpaired) electrons. The summed E-state index contributed by atoms with van der Waals surface area (Å²) >= 11 is 5.84. The predicted molar refractivity (Wildman–Crippen MR) is 82.8 cm³/mol. The van der Waals surface area contributed by atoms with E-state index in [4.69, 9.17) is 17.3 Å². The molecule has 4 heteroatoms. The second-order valence-electron chi connectivity index (χ2n) is 4.86. The maximum Gasteiger partial charge on any atom is 0.253 e. The number of benzene rings is 2. The highest BCUT2D eigenvalue weighted by molar-refractivity contribution is 6.30. The van der Waals surface area contributed by atoms with E-state index < -0.39 is 0 Å². The van der Waals surface area contributed by atoms with Crippen LogP contribution in [0.15, 0.2) is 42.5 Å². The predicted octanol–water partition coefficient (Wildman–Crippen LogP) is 3.50. The molecule has 0 aliphatic heterocycles. The van der Waals surface area contributed by atoms with E-state index in [1.165, 1.54) is 0 Å². The molecule has 0 saturated heterocycles. The molecule has 0 bridgehead atoms. The van der Waals surface area contributed by atoms with Gasteiger partial charge in [-0.25, -0.2) is 0 Å². The first-order valence-corrected chi connectivity index (χ1v) is 6.71. The zero-order chi connectivity index (χ0) is 14.7. The first kappa shape index (κ1) is 14.4. The lowest BCUT2D eigenvalue weighted by atomic mass is 10.1. The monoisotopic (exact) mass is 288 g/mol. The van der Waals surface area contributed by atoms with Crippen LogP contribution in [0.4, 0.5) is 5.69 Å². The van der Waals surface area contributed by atoms with Crippen LogP contribution in [0.1, 0.15) is 21.5 Å². The van der Waals surface area contributed by atoms with Crippen molar-refractivity contribution >= 4 is 23.2 Å². The van der Waals surface area contributed by atoms with Gasteiger partial charge in [0, 0.05) is 29.9 Å². The number of nitrogens with zero attached hydrogens (tertiary/aromatic N) is 1. The molecule has 1 amide bonds. The van der Waals surface area contributed by atoms with Crippen molar-refractivity contribution in [3.05, 3.63) is 64.2 Å². The molecule has 0 spiro atoms. The highest BCUT2D eigenvalue weighted by atomic mass is 35.5. The first-order valence-electron chi connectivity index (χ1n) is 6.33. The minimum Gasteiger partial charge on any atom is -0.398 e. The van der Waals surface area contributed by atoms with E-state index in [1.54, 1.807) is 24.1 Å². The van der Waals surface area contributed by atoms with Crippen molar-refractivity contribution in [2.45, 2.75) is 13.5 Å². The number of anilines is 1. The summed E-state index contributed by atoms with van der Waals surface area (Å²) in [5, 5.41) is 0.689. The zero-order valence-corrected chi connectivity index (χ0v) is 12.3. The molecule has 104 valence electrons. The number of rotatable bonds is 3. The summed E-state index contributed by atoms with van der Waals surface area (Å²) in [6.45, 7) is 2.45. The molecule has 0 atom stereocenters. The summed E-state index contributed by atoms with van der Waals surface area (Å²) in [7, 11) is 1.77. The van der Waals surface area contributed by atoms with E-state index in [2.05, 4.69) is 0 Å². The van der Waals surface area contributed by atoms with Gasteiger partial charge in [0.05, 0.1) is 0 Å². The Balaban J connectivity index is 2.11. The van der Waals surface area contributed by atoms with Gasteiger partial charge in [0.1, 0.15) is 0 Å². The maximum absolute atomic E-state index is 12.3. The lowest BCUT2D eigenvalue weighted by molar-refractivity contribution is 0.0785. The van der Waals surface area contributed by atoms with Gasteiger partial charge in [0.15, 0.2) is 0 Å². The van der Waals surface area contributed by atoms with Gasteiger partial charge >= 0.3 is 0 Å². The number of halogens is 1. The Labute approximate surface area is 124 Å². The van der Waals surface area contributed by atoms with Crippen molar-refractivity contribution in [2.75, 3.05) is 12.8 Å². The highest BCUT2D eigenvalue weighted by Crippen LogP contribution is 2.16. The number of hydrogen-bond donors (Lipinski definition) is 1. The Hall–Kier alpha value is -2.00. The van der Waals surface area contributed by atoms with Gasteiger partial charge in [-0.15, -0.1) is 0 Å². The summed E-state index contributed by atoms with van der Waals surface area (Å²) in [5.74, 6) is -0.0494. The molecule has 3 nitrogen and oxygen atoms in total. The number of amides is 1. The third kappa shape index (κ3) is 3.31. The van der Waals surface area contributed by atoms with E-state index >= 15 is 0 Å². The smallest absolute Gasteiger partial charge is 0.253 e. The zero-order valence-electron chi connectivity index (χ0n) is 11.6. The van der Waals surface area contributed by atoms with Crippen LogP contribution in [0.2, 0.25) is 5.02 Å². The molecule has 2 aromatic rings. The standard InChI is InChI=1S/C16H17ClN2O/c1-11-3-6-13(9-15(11)18)16(20)19(2)10-12-4-7-14(17)8-5-12/h3-9H,10,18H2,1-2H3. The van der Waals surface area contributed by atoms with Gasteiger partial charge in [-0.1, -0.05) is 29.8 Å². The summed E-state index contributed by atoms with van der Waals surface area (Å²) in [4.78, 5) is 14.0. The van der Waals surface area contributed by atoms with Crippen LogP contribution in [0.5, 0.6) is 0 Å². The summed E-state index contributed by atoms with van der Waals surface area (Å²) in [6.07, 6.45) is 0. The SMILES string of the molecule is Cc1ccc(C(=O)N(C)Cc2ccc(Cl)cc2)cc1N. The number of carbonyl (C=O) groups is 1. The molecule has 0 saturated carbocycles. The highest BCUT2D eigenvalue weighted by Gasteiger charge is 2.12. The summed E-state index contributed by atoms with van der Waals surface area (Å²) in [5.41, 5.74) is 9.09. The van der Waals surface area contributed by atoms with Gasteiger partial charge in [-0.2, -0.15) is 0 Å². The van der Waals surface area contributed by atoms with Crippen LogP contribution in [0.3, 0.4) is 0 Å². The van der Waals surface area contributed by atoms with Crippen LogP contribution in [-0.2, 0) is 6.54 Å². The number of hydrogen-bond acceptors (Lipinski definition) is 2. The molecule has 0 fully saturated rings. The minimum atomic E-state index is -0.0494. The lowest BCUT2D eigenvalue weighted by Gasteiger charge is -2.18. The van der Waals surface area contributed by atoms with Crippen molar-refractivity contribution in [3.63, 3.8) is 0 Å². The molecule has 2 N–H and O–H groups in total. The number of carbonyl (C=O) groups excluding carboxylic acids is 1.